The normalized spacial score (nSPS) is 33.2. The average molecular weight is 303 g/mol. The minimum absolute atomic E-state index is 0.444. The van der Waals surface area contributed by atoms with E-state index in [0.717, 1.165) is 22.7 Å². The number of hydrogen-bond acceptors (Lipinski definition) is 5. The van der Waals surface area contributed by atoms with E-state index in [0.29, 0.717) is 12.0 Å². The van der Waals surface area contributed by atoms with E-state index >= 15 is 0 Å². The van der Waals surface area contributed by atoms with Crippen molar-refractivity contribution in [3.8, 4) is 0 Å². The Kier molecular flexibility index (Phi) is 2.83. The fraction of sp³-hybridized carbons (Fsp3) is 0.800. The lowest BCUT2D eigenvalue weighted by Gasteiger charge is -2.24. The van der Waals surface area contributed by atoms with E-state index < -0.39 is 0 Å². The third kappa shape index (κ3) is 1.95. The van der Waals surface area contributed by atoms with Crippen molar-refractivity contribution in [3.05, 3.63) is 10.8 Å². The molecule has 2 aromatic heterocycles. The van der Waals surface area contributed by atoms with Gasteiger partial charge in [-0.2, -0.15) is 9.61 Å². The third-order valence-electron chi connectivity index (χ3n) is 5.66. The summed E-state index contributed by atoms with van der Waals surface area (Å²) in [5.41, 5.74) is 0. The highest BCUT2D eigenvalue weighted by Gasteiger charge is 2.37. The maximum Gasteiger partial charge on any atom is 0.234 e. The number of rotatable bonds is 2. The van der Waals surface area contributed by atoms with Gasteiger partial charge in [-0.3, -0.25) is 0 Å². The maximum absolute atomic E-state index is 4.86. The minimum Gasteiger partial charge on any atom is -0.305 e. The van der Waals surface area contributed by atoms with E-state index in [1.165, 1.54) is 56.4 Å². The first-order valence-corrected chi connectivity index (χ1v) is 9.18. The summed E-state index contributed by atoms with van der Waals surface area (Å²) in [7, 11) is 0. The lowest BCUT2D eigenvalue weighted by molar-refractivity contribution is 0.325. The van der Waals surface area contributed by atoms with Crippen molar-refractivity contribution in [1.29, 1.82) is 0 Å². The maximum atomic E-state index is 4.86. The van der Waals surface area contributed by atoms with Crippen LogP contribution in [0.5, 0.6) is 0 Å². The molecular formula is C15H21N5S. The standard InChI is InChI=1S/C15H21N5S/c1-2-7-11-10(4-1)8-12(16-11)14-19-20-13(9-5-3-6-9)17-18-15(20)21-14/h9-12,16H,1-8H2. The van der Waals surface area contributed by atoms with E-state index in [4.69, 9.17) is 5.10 Å². The van der Waals surface area contributed by atoms with Gasteiger partial charge in [0.1, 0.15) is 5.01 Å². The van der Waals surface area contributed by atoms with Gasteiger partial charge in [0, 0.05) is 12.0 Å². The SMILES string of the molecule is C1CC(c2nnc3sc(C4CC5CCCCC5N4)nn23)C1. The molecule has 3 fully saturated rings. The summed E-state index contributed by atoms with van der Waals surface area (Å²) in [5, 5.41) is 18.6. The average Bonchev–Trinajstić information content (AvgIpc) is 3.10. The van der Waals surface area contributed by atoms with Gasteiger partial charge in [-0.05, 0) is 38.0 Å². The number of fused-ring (bicyclic) bond motifs is 2. The number of aromatic nitrogens is 4. The Hall–Kier alpha value is -1.01. The molecular weight excluding hydrogens is 282 g/mol. The summed E-state index contributed by atoms with van der Waals surface area (Å²) in [6.45, 7) is 0. The molecule has 3 heterocycles. The first-order valence-electron chi connectivity index (χ1n) is 8.36. The lowest BCUT2D eigenvalue weighted by atomic mass is 9.85. The van der Waals surface area contributed by atoms with Gasteiger partial charge in [-0.15, -0.1) is 10.2 Å². The number of nitrogens with one attached hydrogen (secondary N) is 1. The van der Waals surface area contributed by atoms with Gasteiger partial charge < -0.3 is 5.32 Å². The first kappa shape index (κ1) is 12.5. The number of nitrogens with zero attached hydrogens (tertiary/aromatic N) is 4. The predicted molar refractivity (Wildman–Crippen MR) is 81.5 cm³/mol. The van der Waals surface area contributed by atoms with Crippen molar-refractivity contribution in [3.63, 3.8) is 0 Å². The van der Waals surface area contributed by atoms with Gasteiger partial charge in [0.2, 0.25) is 4.96 Å². The third-order valence-corrected chi connectivity index (χ3v) is 6.67. The molecule has 112 valence electrons. The van der Waals surface area contributed by atoms with Crippen LogP contribution in [0, 0.1) is 5.92 Å². The van der Waals surface area contributed by atoms with Crippen molar-refractivity contribution >= 4 is 16.3 Å². The number of hydrogen-bond donors (Lipinski definition) is 1. The minimum atomic E-state index is 0.444. The molecule has 1 N–H and O–H groups in total. The molecule has 2 aliphatic carbocycles. The molecule has 1 saturated heterocycles. The summed E-state index contributed by atoms with van der Waals surface area (Å²) in [5.74, 6) is 2.55. The summed E-state index contributed by atoms with van der Waals surface area (Å²) < 4.78 is 2.02. The molecule has 3 atom stereocenters. The molecule has 0 amide bonds. The zero-order chi connectivity index (χ0) is 13.8. The van der Waals surface area contributed by atoms with Crippen molar-refractivity contribution in [2.24, 2.45) is 5.92 Å². The van der Waals surface area contributed by atoms with Crippen LogP contribution in [-0.4, -0.2) is 25.9 Å². The Morgan fingerprint density at radius 3 is 2.76 bits per heavy atom. The zero-order valence-electron chi connectivity index (χ0n) is 12.2. The van der Waals surface area contributed by atoms with Crippen molar-refractivity contribution in [2.75, 3.05) is 0 Å². The Morgan fingerprint density at radius 1 is 1.05 bits per heavy atom. The van der Waals surface area contributed by atoms with Crippen molar-refractivity contribution in [1.82, 2.24) is 25.1 Å². The highest BCUT2D eigenvalue weighted by Crippen LogP contribution is 2.41. The molecule has 5 nitrogen and oxygen atoms in total. The van der Waals surface area contributed by atoms with Crippen LogP contribution >= 0.6 is 11.3 Å². The van der Waals surface area contributed by atoms with Gasteiger partial charge in [0.25, 0.3) is 0 Å². The van der Waals surface area contributed by atoms with Gasteiger partial charge >= 0.3 is 0 Å². The largest absolute Gasteiger partial charge is 0.305 e. The highest BCUT2D eigenvalue weighted by molar-refractivity contribution is 7.16. The molecule has 2 aromatic rings. The molecule has 3 aliphatic rings. The van der Waals surface area contributed by atoms with Gasteiger partial charge in [-0.1, -0.05) is 30.6 Å². The van der Waals surface area contributed by atoms with Crippen LogP contribution in [-0.2, 0) is 0 Å². The van der Waals surface area contributed by atoms with E-state index in [1.54, 1.807) is 11.3 Å². The van der Waals surface area contributed by atoms with E-state index in [-0.39, 0.29) is 0 Å². The van der Waals surface area contributed by atoms with E-state index in [9.17, 15) is 0 Å². The second-order valence-electron chi connectivity index (χ2n) is 6.93. The smallest absolute Gasteiger partial charge is 0.234 e. The van der Waals surface area contributed by atoms with Crippen LogP contribution in [0.2, 0.25) is 0 Å². The quantitative estimate of drug-likeness (QED) is 0.926. The second-order valence-corrected chi connectivity index (χ2v) is 7.91. The summed E-state index contributed by atoms with van der Waals surface area (Å²) in [4.78, 5) is 0.976. The highest BCUT2D eigenvalue weighted by atomic mass is 32.1. The topological polar surface area (TPSA) is 55.1 Å². The molecule has 0 bridgehead atoms. The van der Waals surface area contributed by atoms with Crippen LogP contribution in [0.3, 0.4) is 0 Å². The fourth-order valence-electron chi connectivity index (χ4n) is 4.22. The van der Waals surface area contributed by atoms with Gasteiger partial charge in [0.05, 0.1) is 6.04 Å². The van der Waals surface area contributed by atoms with Crippen molar-refractivity contribution in [2.45, 2.75) is 69.4 Å². The van der Waals surface area contributed by atoms with E-state index in [1.807, 2.05) is 4.52 Å². The summed E-state index contributed by atoms with van der Waals surface area (Å²) in [6, 6.07) is 1.17. The monoisotopic (exact) mass is 303 g/mol. The lowest BCUT2D eigenvalue weighted by Crippen LogP contribution is -2.30. The van der Waals surface area contributed by atoms with Crippen LogP contribution in [0.4, 0.5) is 0 Å². The molecule has 3 unspecified atom stereocenters. The molecule has 21 heavy (non-hydrogen) atoms. The van der Waals surface area contributed by atoms with Crippen molar-refractivity contribution < 1.29 is 0 Å². The van der Waals surface area contributed by atoms with Crippen LogP contribution in [0.25, 0.3) is 4.96 Å². The zero-order valence-corrected chi connectivity index (χ0v) is 13.0. The summed E-state index contributed by atoms with van der Waals surface area (Å²) >= 11 is 1.73. The fourth-order valence-corrected chi connectivity index (χ4v) is 5.14. The van der Waals surface area contributed by atoms with Gasteiger partial charge in [-0.25, -0.2) is 0 Å². The Morgan fingerprint density at radius 2 is 1.95 bits per heavy atom. The molecule has 5 rings (SSSR count). The molecule has 2 saturated carbocycles. The molecule has 0 spiro atoms. The second kappa shape index (κ2) is 4.74. The molecule has 6 heteroatoms. The van der Waals surface area contributed by atoms with Crippen LogP contribution in [0.1, 0.15) is 74.2 Å². The van der Waals surface area contributed by atoms with E-state index in [2.05, 4.69) is 15.5 Å². The summed E-state index contributed by atoms with van der Waals surface area (Å²) in [6.07, 6.45) is 10.6. The van der Waals surface area contributed by atoms with Gasteiger partial charge in [0.15, 0.2) is 5.82 Å². The predicted octanol–water partition coefficient (Wildman–Crippen LogP) is 3.05. The Balaban J connectivity index is 1.44. The Labute approximate surface area is 128 Å². The Bertz CT molecular complexity index is 644. The van der Waals surface area contributed by atoms with Crippen LogP contribution < -0.4 is 5.32 Å². The molecule has 1 aliphatic heterocycles. The molecule has 0 radical (unpaired) electrons. The van der Waals surface area contributed by atoms with Crippen LogP contribution in [0.15, 0.2) is 0 Å². The first-order chi connectivity index (χ1) is 10.4. The molecule has 0 aromatic carbocycles.